The molecular formula is C14H28O3. The van der Waals surface area contributed by atoms with Crippen molar-refractivity contribution in [3.63, 3.8) is 0 Å². The normalized spacial score (nSPS) is 11.5. The predicted molar refractivity (Wildman–Crippen MR) is 69.8 cm³/mol. The van der Waals surface area contributed by atoms with E-state index in [0.29, 0.717) is 18.4 Å². The fourth-order valence-electron chi connectivity index (χ4n) is 1.57. The van der Waals surface area contributed by atoms with E-state index in [1.807, 2.05) is 0 Å². The number of hydrogen-bond donors (Lipinski definition) is 1. The molecule has 0 aliphatic rings. The molecule has 0 spiro atoms. The van der Waals surface area contributed by atoms with Gasteiger partial charge in [-0.25, -0.2) is 0 Å². The molecule has 0 atom stereocenters. The number of hydrogen-bond acceptors (Lipinski definition) is 3. The smallest absolute Gasteiger partial charge is 0.305 e. The van der Waals surface area contributed by atoms with Crippen molar-refractivity contribution in [3.8, 4) is 0 Å². The van der Waals surface area contributed by atoms with Crippen molar-refractivity contribution in [3.05, 3.63) is 0 Å². The van der Waals surface area contributed by atoms with Crippen molar-refractivity contribution >= 4 is 5.97 Å². The maximum atomic E-state index is 11.3. The lowest BCUT2D eigenvalue weighted by Crippen LogP contribution is -2.08. The molecule has 0 aromatic heterocycles. The maximum absolute atomic E-state index is 11.3. The van der Waals surface area contributed by atoms with E-state index in [1.54, 1.807) is 0 Å². The third kappa shape index (κ3) is 13.4. The van der Waals surface area contributed by atoms with E-state index in [-0.39, 0.29) is 12.6 Å². The molecule has 0 unspecified atom stereocenters. The van der Waals surface area contributed by atoms with Crippen molar-refractivity contribution in [2.45, 2.75) is 65.7 Å². The number of ether oxygens (including phenoxy) is 1. The summed E-state index contributed by atoms with van der Waals surface area (Å²) in [6.07, 6.45) is 6.22. The van der Waals surface area contributed by atoms with Crippen molar-refractivity contribution in [2.24, 2.45) is 5.41 Å². The zero-order valence-electron chi connectivity index (χ0n) is 11.6. The first kappa shape index (κ1) is 16.4. The molecule has 0 bridgehead atoms. The summed E-state index contributed by atoms with van der Waals surface area (Å²) in [5.74, 6) is -0.0984. The van der Waals surface area contributed by atoms with E-state index < -0.39 is 0 Å². The second kappa shape index (κ2) is 9.46. The van der Waals surface area contributed by atoms with Crippen LogP contribution in [0.5, 0.6) is 0 Å². The van der Waals surface area contributed by atoms with Gasteiger partial charge in [0.2, 0.25) is 0 Å². The Kier molecular flexibility index (Phi) is 9.14. The van der Waals surface area contributed by atoms with Gasteiger partial charge in [-0.1, -0.05) is 27.2 Å². The summed E-state index contributed by atoms with van der Waals surface area (Å²) in [5, 5.41) is 8.58. The first-order valence-corrected chi connectivity index (χ1v) is 6.72. The second-order valence-electron chi connectivity index (χ2n) is 5.77. The number of carbonyl (C=O) groups is 1. The van der Waals surface area contributed by atoms with Crippen LogP contribution in [0.1, 0.15) is 65.7 Å². The Morgan fingerprint density at radius 1 is 1.06 bits per heavy atom. The molecule has 3 heteroatoms. The van der Waals surface area contributed by atoms with Crippen molar-refractivity contribution in [1.29, 1.82) is 0 Å². The first-order valence-electron chi connectivity index (χ1n) is 6.72. The summed E-state index contributed by atoms with van der Waals surface area (Å²) in [5.41, 5.74) is 0.369. The number of rotatable bonds is 9. The van der Waals surface area contributed by atoms with E-state index in [9.17, 15) is 4.79 Å². The highest BCUT2D eigenvalue weighted by Crippen LogP contribution is 2.21. The Balaban J connectivity index is 3.28. The Labute approximate surface area is 106 Å². The van der Waals surface area contributed by atoms with Gasteiger partial charge < -0.3 is 9.84 Å². The fourth-order valence-corrected chi connectivity index (χ4v) is 1.57. The maximum Gasteiger partial charge on any atom is 0.305 e. The third-order valence-corrected chi connectivity index (χ3v) is 2.62. The summed E-state index contributed by atoms with van der Waals surface area (Å²) >= 11 is 0. The molecule has 0 amide bonds. The van der Waals surface area contributed by atoms with Crippen LogP contribution in [-0.2, 0) is 9.53 Å². The van der Waals surface area contributed by atoms with Crippen molar-refractivity contribution in [2.75, 3.05) is 13.2 Å². The molecule has 0 radical (unpaired) electrons. The molecule has 0 saturated heterocycles. The van der Waals surface area contributed by atoms with E-state index >= 15 is 0 Å². The van der Waals surface area contributed by atoms with Crippen LogP contribution in [0, 0.1) is 5.41 Å². The molecule has 0 aromatic rings. The monoisotopic (exact) mass is 244 g/mol. The highest BCUT2D eigenvalue weighted by molar-refractivity contribution is 5.69. The van der Waals surface area contributed by atoms with Crippen molar-refractivity contribution in [1.82, 2.24) is 0 Å². The van der Waals surface area contributed by atoms with Crippen LogP contribution in [0.2, 0.25) is 0 Å². The average Bonchev–Trinajstić information content (AvgIpc) is 2.22. The molecule has 1 N–H and O–H groups in total. The molecule has 0 rings (SSSR count). The Hall–Kier alpha value is -0.570. The molecule has 17 heavy (non-hydrogen) atoms. The SMILES string of the molecule is CC(C)(C)CCCCOC(=O)CCCCCO. The van der Waals surface area contributed by atoms with Crippen LogP contribution in [0.4, 0.5) is 0 Å². The average molecular weight is 244 g/mol. The Morgan fingerprint density at radius 2 is 1.76 bits per heavy atom. The molecule has 0 saturated carbocycles. The molecule has 0 heterocycles. The van der Waals surface area contributed by atoms with Gasteiger partial charge in [-0.05, 0) is 37.5 Å². The number of unbranched alkanes of at least 4 members (excludes halogenated alkanes) is 3. The number of carbonyl (C=O) groups excluding carboxylic acids is 1. The lowest BCUT2D eigenvalue weighted by Gasteiger charge is -2.17. The van der Waals surface area contributed by atoms with Gasteiger partial charge in [-0.15, -0.1) is 0 Å². The summed E-state index contributed by atoms with van der Waals surface area (Å²) in [6, 6.07) is 0. The highest BCUT2D eigenvalue weighted by Gasteiger charge is 2.09. The van der Waals surface area contributed by atoms with Gasteiger partial charge in [-0.2, -0.15) is 0 Å². The molecule has 0 aliphatic heterocycles. The van der Waals surface area contributed by atoms with Gasteiger partial charge in [0.25, 0.3) is 0 Å². The highest BCUT2D eigenvalue weighted by atomic mass is 16.5. The van der Waals surface area contributed by atoms with Crippen molar-refractivity contribution < 1.29 is 14.6 Å². The second-order valence-corrected chi connectivity index (χ2v) is 5.77. The standard InChI is InChI=1S/C14H28O3/c1-14(2,3)10-6-8-12-17-13(16)9-5-4-7-11-15/h15H,4-12H2,1-3H3. The van der Waals surface area contributed by atoms with E-state index in [2.05, 4.69) is 20.8 Å². The van der Waals surface area contributed by atoms with Gasteiger partial charge >= 0.3 is 5.97 Å². The number of esters is 1. The third-order valence-electron chi connectivity index (χ3n) is 2.62. The largest absolute Gasteiger partial charge is 0.466 e. The van der Waals surface area contributed by atoms with Crippen LogP contribution in [0.3, 0.4) is 0 Å². The summed E-state index contributed by atoms with van der Waals surface area (Å²) in [4.78, 5) is 11.3. The van der Waals surface area contributed by atoms with Gasteiger partial charge in [0, 0.05) is 13.0 Å². The van der Waals surface area contributed by atoms with Gasteiger partial charge in [-0.3, -0.25) is 4.79 Å². The molecule has 0 aliphatic carbocycles. The topological polar surface area (TPSA) is 46.5 Å². The zero-order valence-corrected chi connectivity index (χ0v) is 11.6. The van der Waals surface area contributed by atoms with E-state index in [4.69, 9.17) is 9.84 Å². The molecular weight excluding hydrogens is 216 g/mol. The van der Waals surface area contributed by atoms with Crippen LogP contribution in [0.15, 0.2) is 0 Å². The van der Waals surface area contributed by atoms with Crippen LogP contribution in [0.25, 0.3) is 0 Å². The first-order chi connectivity index (χ1) is 7.95. The van der Waals surface area contributed by atoms with Gasteiger partial charge in [0.15, 0.2) is 0 Å². The van der Waals surface area contributed by atoms with Gasteiger partial charge in [0.05, 0.1) is 6.61 Å². The van der Waals surface area contributed by atoms with E-state index in [0.717, 1.165) is 32.1 Å². The Bertz CT molecular complexity index is 194. The van der Waals surface area contributed by atoms with E-state index in [1.165, 1.54) is 6.42 Å². The molecule has 0 fully saturated rings. The number of aliphatic hydroxyl groups excluding tert-OH is 1. The minimum Gasteiger partial charge on any atom is -0.466 e. The predicted octanol–water partition coefficient (Wildman–Crippen LogP) is 3.30. The summed E-state index contributed by atoms with van der Waals surface area (Å²) < 4.78 is 5.14. The lowest BCUT2D eigenvalue weighted by atomic mass is 9.90. The summed E-state index contributed by atoms with van der Waals surface area (Å²) in [7, 11) is 0. The molecule has 3 nitrogen and oxygen atoms in total. The van der Waals surface area contributed by atoms with Crippen LogP contribution >= 0.6 is 0 Å². The minimum absolute atomic E-state index is 0.0984. The fraction of sp³-hybridized carbons (Fsp3) is 0.929. The molecule has 0 aromatic carbocycles. The van der Waals surface area contributed by atoms with Crippen LogP contribution < -0.4 is 0 Å². The summed E-state index contributed by atoms with van der Waals surface area (Å²) in [6.45, 7) is 7.43. The van der Waals surface area contributed by atoms with Gasteiger partial charge in [0.1, 0.15) is 0 Å². The van der Waals surface area contributed by atoms with Crippen LogP contribution in [-0.4, -0.2) is 24.3 Å². The molecule has 102 valence electrons. The number of aliphatic hydroxyl groups is 1. The lowest BCUT2D eigenvalue weighted by molar-refractivity contribution is -0.143. The quantitative estimate of drug-likeness (QED) is 0.500. The Morgan fingerprint density at radius 3 is 2.35 bits per heavy atom. The zero-order chi connectivity index (χ0) is 13.1. The minimum atomic E-state index is -0.0984.